The van der Waals surface area contributed by atoms with Crippen molar-refractivity contribution in [3.63, 3.8) is 0 Å². The Morgan fingerprint density at radius 1 is 1.21 bits per heavy atom. The lowest BCUT2D eigenvalue weighted by Gasteiger charge is -2.13. The van der Waals surface area contributed by atoms with Gasteiger partial charge in [0.2, 0.25) is 0 Å². The summed E-state index contributed by atoms with van der Waals surface area (Å²) in [4.78, 5) is 0. The maximum Gasteiger partial charge on any atom is 0.167 e. The lowest BCUT2D eigenvalue weighted by molar-refractivity contribution is 0.195. The molecule has 0 aliphatic heterocycles. The molecule has 2 rings (SSSR count). The van der Waals surface area contributed by atoms with Crippen molar-refractivity contribution in [3.05, 3.63) is 59.4 Å². The minimum atomic E-state index is -0.711. The molecule has 0 spiro atoms. The first-order chi connectivity index (χ1) is 9.11. The van der Waals surface area contributed by atoms with Gasteiger partial charge in [0.05, 0.1) is 17.7 Å². The lowest BCUT2D eigenvalue weighted by atomic mass is 10.1. The molecule has 0 heterocycles. The molecular formula is C15H12FNO2. The highest BCUT2D eigenvalue weighted by Gasteiger charge is 2.11. The standard InChI is InChI=1S/C15H12FNO2/c1-10(18)12-4-2-3-5-14(12)19-15-7-6-11(9-17)8-13(15)16/h2-8,10,18H,1H3. The van der Waals surface area contributed by atoms with Crippen LogP contribution in [-0.4, -0.2) is 5.11 Å². The quantitative estimate of drug-likeness (QED) is 0.914. The summed E-state index contributed by atoms with van der Waals surface area (Å²) in [6, 6.07) is 12.7. The molecule has 0 amide bonds. The third-order valence-electron chi connectivity index (χ3n) is 2.65. The number of benzene rings is 2. The van der Waals surface area contributed by atoms with E-state index < -0.39 is 11.9 Å². The highest BCUT2D eigenvalue weighted by molar-refractivity contribution is 5.41. The number of nitrogens with zero attached hydrogens (tertiary/aromatic N) is 1. The van der Waals surface area contributed by atoms with Crippen LogP contribution in [0.25, 0.3) is 0 Å². The van der Waals surface area contributed by atoms with E-state index in [0.29, 0.717) is 11.3 Å². The zero-order valence-corrected chi connectivity index (χ0v) is 10.3. The van der Waals surface area contributed by atoms with Crippen LogP contribution in [0.4, 0.5) is 4.39 Å². The minimum absolute atomic E-state index is 0.0205. The number of hydrogen-bond donors (Lipinski definition) is 1. The molecule has 19 heavy (non-hydrogen) atoms. The summed E-state index contributed by atoms with van der Waals surface area (Å²) < 4.78 is 19.2. The third kappa shape index (κ3) is 2.90. The van der Waals surface area contributed by atoms with Gasteiger partial charge in [-0.1, -0.05) is 18.2 Å². The first-order valence-electron chi connectivity index (χ1n) is 5.76. The van der Waals surface area contributed by atoms with E-state index in [-0.39, 0.29) is 11.3 Å². The fourth-order valence-electron chi connectivity index (χ4n) is 1.69. The Morgan fingerprint density at radius 2 is 1.95 bits per heavy atom. The molecule has 0 saturated carbocycles. The van der Waals surface area contributed by atoms with Crippen LogP contribution in [0.15, 0.2) is 42.5 Å². The molecule has 2 aromatic carbocycles. The molecule has 4 heteroatoms. The summed E-state index contributed by atoms with van der Waals surface area (Å²) in [5.74, 6) is -0.201. The highest BCUT2D eigenvalue weighted by atomic mass is 19.1. The molecule has 3 nitrogen and oxygen atoms in total. The second-order valence-corrected chi connectivity index (χ2v) is 4.07. The molecule has 1 N–H and O–H groups in total. The average molecular weight is 257 g/mol. The Hall–Kier alpha value is -2.38. The van der Waals surface area contributed by atoms with Crippen LogP contribution in [0, 0.1) is 17.1 Å². The molecule has 2 aromatic rings. The predicted molar refractivity (Wildman–Crippen MR) is 68.3 cm³/mol. The van der Waals surface area contributed by atoms with E-state index in [2.05, 4.69) is 0 Å². The number of nitriles is 1. The second-order valence-electron chi connectivity index (χ2n) is 4.07. The van der Waals surface area contributed by atoms with E-state index in [1.807, 2.05) is 6.07 Å². The van der Waals surface area contributed by atoms with Gasteiger partial charge in [0.25, 0.3) is 0 Å². The largest absolute Gasteiger partial charge is 0.454 e. The molecule has 0 fully saturated rings. The molecule has 0 saturated heterocycles. The summed E-state index contributed by atoms with van der Waals surface area (Å²) in [5, 5.41) is 18.3. The molecular weight excluding hydrogens is 245 g/mol. The Balaban J connectivity index is 2.34. The van der Waals surface area contributed by atoms with Crippen molar-refractivity contribution in [2.24, 2.45) is 0 Å². The molecule has 96 valence electrons. The van der Waals surface area contributed by atoms with Crippen LogP contribution in [0.5, 0.6) is 11.5 Å². The monoisotopic (exact) mass is 257 g/mol. The molecule has 0 aliphatic rings. The summed E-state index contributed by atoms with van der Waals surface area (Å²) >= 11 is 0. The van der Waals surface area contributed by atoms with Gasteiger partial charge in [-0.05, 0) is 31.2 Å². The maximum absolute atomic E-state index is 13.7. The molecule has 0 bridgehead atoms. The van der Waals surface area contributed by atoms with E-state index in [1.165, 1.54) is 12.1 Å². The first-order valence-corrected chi connectivity index (χ1v) is 5.76. The van der Waals surface area contributed by atoms with Crippen molar-refractivity contribution in [2.75, 3.05) is 0 Å². The van der Waals surface area contributed by atoms with Crippen molar-refractivity contribution >= 4 is 0 Å². The Morgan fingerprint density at radius 3 is 2.58 bits per heavy atom. The topological polar surface area (TPSA) is 53.2 Å². The van der Waals surface area contributed by atoms with Gasteiger partial charge in [0.1, 0.15) is 5.75 Å². The number of para-hydroxylation sites is 1. The van der Waals surface area contributed by atoms with Gasteiger partial charge in [0.15, 0.2) is 11.6 Å². The third-order valence-corrected chi connectivity index (χ3v) is 2.65. The number of rotatable bonds is 3. The fraction of sp³-hybridized carbons (Fsp3) is 0.133. The molecule has 1 atom stereocenters. The van der Waals surface area contributed by atoms with Crippen LogP contribution in [-0.2, 0) is 0 Å². The molecule has 0 radical (unpaired) electrons. The Bertz CT molecular complexity index is 632. The number of aliphatic hydroxyl groups is 1. The smallest absolute Gasteiger partial charge is 0.167 e. The lowest BCUT2D eigenvalue weighted by Crippen LogP contribution is -1.97. The van der Waals surface area contributed by atoms with Crippen molar-refractivity contribution in [3.8, 4) is 17.6 Å². The van der Waals surface area contributed by atoms with Gasteiger partial charge in [-0.2, -0.15) is 5.26 Å². The van der Waals surface area contributed by atoms with Gasteiger partial charge < -0.3 is 9.84 Å². The van der Waals surface area contributed by atoms with E-state index in [9.17, 15) is 9.50 Å². The Labute approximate surface area is 110 Å². The zero-order chi connectivity index (χ0) is 13.8. The van der Waals surface area contributed by atoms with Crippen LogP contribution in [0.2, 0.25) is 0 Å². The van der Waals surface area contributed by atoms with Gasteiger partial charge in [0, 0.05) is 5.56 Å². The SMILES string of the molecule is CC(O)c1ccccc1Oc1ccc(C#N)cc1F. The summed E-state index contributed by atoms with van der Waals surface area (Å²) in [6.45, 7) is 1.61. The number of halogens is 1. The number of hydrogen-bond acceptors (Lipinski definition) is 3. The van der Waals surface area contributed by atoms with E-state index in [1.54, 1.807) is 31.2 Å². The fourth-order valence-corrected chi connectivity index (χ4v) is 1.69. The number of ether oxygens (including phenoxy) is 1. The minimum Gasteiger partial charge on any atom is -0.454 e. The molecule has 1 unspecified atom stereocenters. The maximum atomic E-state index is 13.7. The van der Waals surface area contributed by atoms with E-state index in [4.69, 9.17) is 10.00 Å². The van der Waals surface area contributed by atoms with Crippen LogP contribution < -0.4 is 4.74 Å². The second kappa shape index (κ2) is 5.51. The molecule has 0 aromatic heterocycles. The number of aliphatic hydroxyl groups excluding tert-OH is 1. The summed E-state index contributed by atoms with van der Waals surface area (Å²) in [5.41, 5.74) is 0.805. The van der Waals surface area contributed by atoms with Crippen molar-refractivity contribution < 1.29 is 14.2 Å². The molecule has 0 aliphatic carbocycles. The van der Waals surface area contributed by atoms with Crippen LogP contribution in [0.3, 0.4) is 0 Å². The van der Waals surface area contributed by atoms with Crippen molar-refractivity contribution in [2.45, 2.75) is 13.0 Å². The van der Waals surface area contributed by atoms with Crippen LogP contribution >= 0.6 is 0 Å². The van der Waals surface area contributed by atoms with Gasteiger partial charge in [-0.15, -0.1) is 0 Å². The van der Waals surface area contributed by atoms with Crippen molar-refractivity contribution in [1.82, 2.24) is 0 Å². The van der Waals surface area contributed by atoms with Crippen LogP contribution in [0.1, 0.15) is 24.2 Å². The summed E-state index contributed by atoms with van der Waals surface area (Å²) in [6.07, 6.45) is -0.711. The zero-order valence-electron chi connectivity index (χ0n) is 10.3. The first kappa shape index (κ1) is 13.1. The normalized spacial score (nSPS) is 11.7. The van der Waals surface area contributed by atoms with Gasteiger partial charge >= 0.3 is 0 Å². The Kier molecular flexibility index (Phi) is 3.79. The average Bonchev–Trinajstić information content (AvgIpc) is 2.41. The predicted octanol–water partition coefficient (Wildman–Crippen LogP) is 3.54. The summed E-state index contributed by atoms with van der Waals surface area (Å²) in [7, 11) is 0. The van der Waals surface area contributed by atoms with E-state index in [0.717, 1.165) is 6.07 Å². The van der Waals surface area contributed by atoms with E-state index >= 15 is 0 Å². The highest BCUT2D eigenvalue weighted by Crippen LogP contribution is 2.30. The van der Waals surface area contributed by atoms with Gasteiger partial charge in [-0.3, -0.25) is 0 Å². The van der Waals surface area contributed by atoms with Crippen molar-refractivity contribution in [1.29, 1.82) is 5.26 Å². The van der Waals surface area contributed by atoms with Gasteiger partial charge in [-0.25, -0.2) is 4.39 Å².